The van der Waals surface area contributed by atoms with Gasteiger partial charge in [0.2, 0.25) is 0 Å². The highest BCUT2D eigenvalue weighted by Crippen LogP contribution is 2.76. The lowest BCUT2D eigenvalue weighted by Crippen LogP contribution is -2.20. The summed E-state index contributed by atoms with van der Waals surface area (Å²) in [5.41, 5.74) is 2.26. The van der Waals surface area contributed by atoms with E-state index < -0.39 is 22.3 Å². The highest BCUT2D eigenvalue weighted by atomic mass is 14.8. The number of hydrogen-bond acceptors (Lipinski definition) is 6. The van der Waals surface area contributed by atoms with E-state index in [9.17, 15) is 15.8 Å². The van der Waals surface area contributed by atoms with E-state index in [1.807, 2.05) is 18.2 Å². The fourth-order valence-corrected chi connectivity index (χ4v) is 2.87. The average Bonchev–Trinajstić information content (AvgIpc) is 3.20. The van der Waals surface area contributed by atoms with E-state index >= 15 is 0 Å². The van der Waals surface area contributed by atoms with Crippen LogP contribution in [0.5, 0.6) is 0 Å². The van der Waals surface area contributed by atoms with E-state index in [1.54, 1.807) is 42.5 Å². The van der Waals surface area contributed by atoms with Crippen LogP contribution in [0.25, 0.3) is 0 Å². The standard InChI is InChI=1S/C16H8N6/c17-6-12(7-18)14(22)16(10-21)13(15(16,8-19)9-20)11-4-2-1-3-5-11/h1-5,13H,22H2/t13-,16-/m1/s1. The first-order chi connectivity index (χ1) is 10.6. The summed E-state index contributed by atoms with van der Waals surface area (Å²) in [7, 11) is 0. The summed E-state index contributed by atoms with van der Waals surface area (Å²) >= 11 is 0. The summed E-state index contributed by atoms with van der Waals surface area (Å²) in [5.74, 6) is -0.808. The molecule has 1 aromatic rings. The molecule has 0 radical (unpaired) electrons. The van der Waals surface area contributed by atoms with Gasteiger partial charge in [-0.2, -0.15) is 26.3 Å². The van der Waals surface area contributed by atoms with Gasteiger partial charge in [0.1, 0.15) is 23.1 Å². The SMILES string of the molecule is N#CC(C#N)=C(N)[C@@]1(C#N)[C@H](c2ccccc2)C1(C#N)C#N. The fourth-order valence-electron chi connectivity index (χ4n) is 2.87. The number of hydrogen-bond donors (Lipinski definition) is 1. The zero-order valence-electron chi connectivity index (χ0n) is 11.3. The number of nitrogens with zero attached hydrogens (tertiary/aromatic N) is 5. The Morgan fingerprint density at radius 2 is 1.45 bits per heavy atom. The van der Waals surface area contributed by atoms with Crippen molar-refractivity contribution >= 4 is 0 Å². The lowest BCUT2D eigenvalue weighted by molar-refractivity contribution is 0.660. The minimum absolute atomic E-state index is 0.322. The molecule has 102 valence electrons. The highest BCUT2D eigenvalue weighted by molar-refractivity contribution is 5.63. The molecule has 0 heterocycles. The van der Waals surface area contributed by atoms with Crippen LogP contribution in [0.3, 0.4) is 0 Å². The Labute approximate surface area is 127 Å². The van der Waals surface area contributed by atoms with Crippen molar-refractivity contribution in [3.63, 3.8) is 0 Å². The Morgan fingerprint density at radius 1 is 0.909 bits per heavy atom. The molecule has 0 saturated heterocycles. The summed E-state index contributed by atoms with van der Waals surface area (Å²) < 4.78 is 0. The second kappa shape index (κ2) is 4.96. The fraction of sp³-hybridized carbons (Fsp3) is 0.188. The number of allylic oxidation sites excluding steroid dienone is 2. The molecule has 0 aromatic heterocycles. The van der Waals surface area contributed by atoms with E-state index in [2.05, 4.69) is 0 Å². The van der Waals surface area contributed by atoms with Gasteiger partial charge in [0.15, 0.2) is 5.41 Å². The maximum absolute atomic E-state index is 9.61. The molecule has 2 atom stereocenters. The first-order valence-electron chi connectivity index (χ1n) is 6.18. The summed E-state index contributed by atoms with van der Waals surface area (Å²) in [6.07, 6.45) is 0. The van der Waals surface area contributed by atoms with Gasteiger partial charge in [-0.1, -0.05) is 30.3 Å². The second-order valence-electron chi connectivity index (χ2n) is 4.81. The van der Waals surface area contributed by atoms with E-state index in [1.165, 1.54) is 0 Å². The van der Waals surface area contributed by atoms with Crippen molar-refractivity contribution in [3.8, 4) is 30.3 Å². The number of rotatable bonds is 2. The summed E-state index contributed by atoms with van der Waals surface area (Å²) in [4.78, 5) is 0. The maximum Gasteiger partial charge on any atom is 0.177 e. The van der Waals surface area contributed by atoms with Crippen molar-refractivity contribution in [1.29, 1.82) is 26.3 Å². The maximum atomic E-state index is 9.61. The van der Waals surface area contributed by atoms with Gasteiger partial charge < -0.3 is 5.73 Å². The molecule has 0 amide bonds. The lowest BCUT2D eigenvalue weighted by atomic mass is 9.90. The quantitative estimate of drug-likeness (QED) is 0.816. The van der Waals surface area contributed by atoms with Gasteiger partial charge in [0, 0.05) is 5.92 Å². The smallest absolute Gasteiger partial charge is 0.177 e. The van der Waals surface area contributed by atoms with Gasteiger partial charge in [-0.15, -0.1) is 0 Å². The molecule has 0 aliphatic heterocycles. The topological polar surface area (TPSA) is 145 Å². The third kappa shape index (κ3) is 1.49. The molecule has 0 unspecified atom stereocenters. The Morgan fingerprint density at radius 3 is 1.86 bits per heavy atom. The zero-order valence-corrected chi connectivity index (χ0v) is 11.3. The molecule has 2 N–H and O–H groups in total. The molecule has 1 aliphatic rings. The molecule has 22 heavy (non-hydrogen) atoms. The van der Waals surface area contributed by atoms with Crippen LogP contribution in [0.2, 0.25) is 0 Å². The van der Waals surface area contributed by atoms with E-state index in [0.29, 0.717) is 5.56 Å². The monoisotopic (exact) mass is 284 g/mol. The predicted octanol–water partition coefficient (Wildman–Crippen LogP) is 1.59. The molecule has 1 fully saturated rings. The van der Waals surface area contributed by atoms with Crippen LogP contribution in [0.1, 0.15) is 11.5 Å². The number of nitriles is 5. The van der Waals surface area contributed by atoms with Crippen molar-refractivity contribution in [2.75, 3.05) is 0 Å². The second-order valence-corrected chi connectivity index (χ2v) is 4.81. The van der Waals surface area contributed by atoms with Crippen LogP contribution in [0.15, 0.2) is 41.6 Å². The van der Waals surface area contributed by atoms with E-state index in [4.69, 9.17) is 16.3 Å². The molecule has 6 nitrogen and oxygen atoms in total. The first kappa shape index (κ1) is 14.6. The molecule has 1 aromatic carbocycles. The molecule has 0 bridgehead atoms. The molecular weight excluding hydrogens is 276 g/mol. The van der Waals surface area contributed by atoms with E-state index in [0.717, 1.165) is 0 Å². The van der Waals surface area contributed by atoms with Crippen LogP contribution < -0.4 is 5.73 Å². The zero-order chi connectivity index (χ0) is 16.4. The van der Waals surface area contributed by atoms with Gasteiger partial charge in [-0.05, 0) is 5.56 Å². The van der Waals surface area contributed by atoms with Gasteiger partial charge in [-0.3, -0.25) is 0 Å². The Balaban J connectivity index is 2.78. The normalized spacial score (nSPS) is 23.5. The largest absolute Gasteiger partial charge is 0.399 e. The summed E-state index contributed by atoms with van der Waals surface area (Å²) in [5, 5.41) is 46.5. The van der Waals surface area contributed by atoms with E-state index in [-0.39, 0.29) is 5.70 Å². The average molecular weight is 284 g/mol. The van der Waals surface area contributed by atoms with Crippen molar-refractivity contribution in [2.24, 2.45) is 16.6 Å². The Bertz CT molecular complexity index is 833. The molecule has 1 saturated carbocycles. The number of nitrogens with two attached hydrogens (primary N) is 1. The van der Waals surface area contributed by atoms with Gasteiger partial charge >= 0.3 is 0 Å². The molecule has 0 spiro atoms. The van der Waals surface area contributed by atoms with Crippen LogP contribution in [0, 0.1) is 67.5 Å². The van der Waals surface area contributed by atoms with Crippen LogP contribution in [-0.4, -0.2) is 0 Å². The van der Waals surface area contributed by atoms with Gasteiger partial charge in [0.25, 0.3) is 0 Å². The summed E-state index contributed by atoms with van der Waals surface area (Å²) in [6, 6.07) is 17.4. The van der Waals surface area contributed by atoms with Crippen LogP contribution in [0.4, 0.5) is 0 Å². The summed E-state index contributed by atoms with van der Waals surface area (Å²) in [6.45, 7) is 0. The lowest BCUT2D eigenvalue weighted by Gasteiger charge is -2.09. The minimum Gasteiger partial charge on any atom is -0.399 e. The first-order valence-corrected chi connectivity index (χ1v) is 6.18. The van der Waals surface area contributed by atoms with Crippen LogP contribution >= 0.6 is 0 Å². The van der Waals surface area contributed by atoms with Crippen molar-refractivity contribution in [1.82, 2.24) is 0 Å². The molecular formula is C16H8N6. The molecule has 1 aliphatic carbocycles. The predicted molar refractivity (Wildman–Crippen MR) is 73.3 cm³/mol. The van der Waals surface area contributed by atoms with Crippen molar-refractivity contribution in [2.45, 2.75) is 5.92 Å². The molecule has 6 heteroatoms. The Hall–Kier alpha value is -3.79. The minimum atomic E-state index is -1.72. The highest BCUT2D eigenvalue weighted by Gasteiger charge is 2.82. The van der Waals surface area contributed by atoms with Crippen molar-refractivity contribution < 1.29 is 0 Å². The van der Waals surface area contributed by atoms with Gasteiger partial charge in [0.05, 0.1) is 23.9 Å². The molecule has 2 rings (SSSR count). The number of benzene rings is 1. The van der Waals surface area contributed by atoms with Crippen LogP contribution in [-0.2, 0) is 0 Å². The Kier molecular flexibility index (Phi) is 3.29. The van der Waals surface area contributed by atoms with Gasteiger partial charge in [-0.25, -0.2) is 0 Å². The third-order valence-corrected chi connectivity index (χ3v) is 3.98. The third-order valence-electron chi connectivity index (χ3n) is 3.98. The van der Waals surface area contributed by atoms with Crippen molar-refractivity contribution in [3.05, 3.63) is 47.2 Å².